The zero-order valence-electron chi connectivity index (χ0n) is 12.2. The molecule has 2 aromatic rings. The number of tetrazole rings is 1. The first-order chi connectivity index (χ1) is 10.1. The molecule has 0 spiro atoms. The van der Waals surface area contributed by atoms with Crippen molar-refractivity contribution in [2.75, 3.05) is 5.73 Å². The number of nitrogen functional groups attached to an aromatic ring is 1. The molecule has 21 heavy (non-hydrogen) atoms. The minimum absolute atomic E-state index is 0.603. The van der Waals surface area contributed by atoms with Crippen LogP contribution in [0.25, 0.3) is 11.4 Å². The van der Waals surface area contributed by atoms with Gasteiger partial charge in [-0.25, -0.2) is 4.68 Å². The topological polar surface area (TPSA) is 69.6 Å². The van der Waals surface area contributed by atoms with Crippen LogP contribution < -0.4 is 5.73 Å². The zero-order chi connectivity index (χ0) is 14.8. The summed E-state index contributed by atoms with van der Waals surface area (Å²) in [7, 11) is 0. The van der Waals surface area contributed by atoms with Gasteiger partial charge >= 0.3 is 0 Å². The lowest BCUT2D eigenvalue weighted by atomic mass is 9.83. The van der Waals surface area contributed by atoms with Gasteiger partial charge < -0.3 is 5.73 Å². The van der Waals surface area contributed by atoms with Crippen molar-refractivity contribution in [1.82, 2.24) is 20.2 Å². The molecule has 0 bridgehead atoms. The predicted molar refractivity (Wildman–Crippen MR) is 83.8 cm³/mol. The second-order valence-electron chi connectivity index (χ2n) is 6.08. The molecule has 5 nitrogen and oxygen atoms in total. The third-order valence-corrected chi connectivity index (χ3v) is 4.49. The van der Waals surface area contributed by atoms with Crippen LogP contribution in [0.5, 0.6) is 0 Å². The molecule has 6 heteroatoms. The van der Waals surface area contributed by atoms with E-state index in [1.54, 1.807) is 6.07 Å². The number of anilines is 1. The fourth-order valence-corrected chi connectivity index (χ4v) is 3.28. The van der Waals surface area contributed by atoms with Gasteiger partial charge in [-0.15, -0.1) is 5.10 Å². The third kappa shape index (κ3) is 3.35. The molecule has 0 saturated heterocycles. The maximum Gasteiger partial charge on any atom is 0.182 e. The highest BCUT2D eigenvalue weighted by molar-refractivity contribution is 6.31. The molecule has 1 aliphatic rings. The standard InChI is InChI=1S/C15H20ClN5/c1-10-2-4-11(5-3-10)9-21-15(18-19-20-21)12-6-13(16)8-14(17)7-12/h6-8,10-11H,2-5,9,17H2,1H3. The van der Waals surface area contributed by atoms with Gasteiger partial charge in [-0.3, -0.25) is 0 Å². The zero-order valence-corrected chi connectivity index (χ0v) is 12.9. The Morgan fingerprint density at radius 2 is 2.00 bits per heavy atom. The molecule has 3 rings (SSSR count). The minimum atomic E-state index is 0.603. The predicted octanol–water partition coefficient (Wildman–Crippen LogP) is 3.40. The summed E-state index contributed by atoms with van der Waals surface area (Å²) in [5.74, 6) is 2.24. The summed E-state index contributed by atoms with van der Waals surface area (Å²) in [6.07, 6.45) is 5.09. The molecule has 1 fully saturated rings. The average molecular weight is 306 g/mol. The third-order valence-electron chi connectivity index (χ3n) is 4.28. The van der Waals surface area contributed by atoms with Crippen LogP contribution in [0, 0.1) is 11.8 Å². The molecule has 0 atom stereocenters. The van der Waals surface area contributed by atoms with Gasteiger partial charge in [-0.05, 0) is 53.3 Å². The quantitative estimate of drug-likeness (QED) is 0.882. The first-order valence-electron chi connectivity index (χ1n) is 7.44. The Balaban J connectivity index is 1.80. The Bertz CT molecular complexity index is 596. The van der Waals surface area contributed by atoms with E-state index in [1.165, 1.54) is 25.7 Å². The normalized spacial score (nSPS) is 22.4. The summed E-state index contributed by atoms with van der Waals surface area (Å²) in [5.41, 5.74) is 7.35. The lowest BCUT2D eigenvalue weighted by Crippen LogP contribution is -2.19. The van der Waals surface area contributed by atoms with Crippen molar-refractivity contribution in [3.05, 3.63) is 23.2 Å². The van der Waals surface area contributed by atoms with E-state index in [4.69, 9.17) is 17.3 Å². The number of hydrogen-bond acceptors (Lipinski definition) is 4. The fourth-order valence-electron chi connectivity index (χ4n) is 3.03. The second-order valence-corrected chi connectivity index (χ2v) is 6.52. The van der Waals surface area contributed by atoms with E-state index < -0.39 is 0 Å². The summed E-state index contributed by atoms with van der Waals surface area (Å²) in [5, 5.41) is 12.7. The summed E-state index contributed by atoms with van der Waals surface area (Å²) in [4.78, 5) is 0. The van der Waals surface area contributed by atoms with E-state index in [1.807, 2.05) is 16.8 Å². The van der Waals surface area contributed by atoms with Crippen LogP contribution in [0.2, 0.25) is 5.02 Å². The van der Waals surface area contributed by atoms with Crippen LogP contribution in [0.1, 0.15) is 32.6 Å². The van der Waals surface area contributed by atoms with Crippen molar-refractivity contribution in [1.29, 1.82) is 0 Å². The summed E-state index contributed by atoms with van der Waals surface area (Å²) >= 11 is 6.07. The minimum Gasteiger partial charge on any atom is -0.399 e. The van der Waals surface area contributed by atoms with E-state index in [0.717, 1.165) is 23.9 Å². The van der Waals surface area contributed by atoms with Crippen molar-refractivity contribution in [2.45, 2.75) is 39.2 Å². The number of nitrogens with zero attached hydrogens (tertiary/aromatic N) is 4. The van der Waals surface area contributed by atoms with E-state index in [-0.39, 0.29) is 0 Å². The molecule has 112 valence electrons. The molecule has 1 aliphatic carbocycles. The van der Waals surface area contributed by atoms with Crippen LogP contribution in [-0.2, 0) is 6.54 Å². The Morgan fingerprint density at radius 3 is 2.71 bits per heavy atom. The van der Waals surface area contributed by atoms with Gasteiger partial charge in [0.15, 0.2) is 5.82 Å². The number of halogens is 1. The Morgan fingerprint density at radius 1 is 1.24 bits per heavy atom. The van der Waals surface area contributed by atoms with Crippen molar-refractivity contribution in [3.8, 4) is 11.4 Å². The summed E-state index contributed by atoms with van der Waals surface area (Å²) in [6.45, 7) is 3.19. The smallest absolute Gasteiger partial charge is 0.182 e. The Kier molecular flexibility index (Phi) is 4.10. The highest BCUT2D eigenvalue weighted by Gasteiger charge is 2.21. The fraction of sp³-hybridized carbons (Fsp3) is 0.533. The lowest BCUT2D eigenvalue weighted by Gasteiger charge is -2.26. The number of hydrogen-bond donors (Lipinski definition) is 1. The van der Waals surface area contributed by atoms with Crippen LogP contribution in [0.4, 0.5) is 5.69 Å². The van der Waals surface area contributed by atoms with E-state index in [0.29, 0.717) is 16.6 Å². The van der Waals surface area contributed by atoms with Crippen molar-refractivity contribution in [3.63, 3.8) is 0 Å². The average Bonchev–Trinajstić information content (AvgIpc) is 2.88. The van der Waals surface area contributed by atoms with Crippen LogP contribution >= 0.6 is 11.6 Å². The summed E-state index contributed by atoms with van der Waals surface area (Å²) in [6, 6.07) is 5.43. The monoisotopic (exact) mass is 305 g/mol. The molecule has 0 aliphatic heterocycles. The van der Waals surface area contributed by atoms with Gasteiger partial charge in [0.05, 0.1) is 0 Å². The molecular formula is C15H20ClN5. The van der Waals surface area contributed by atoms with Crippen molar-refractivity contribution < 1.29 is 0 Å². The second kappa shape index (κ2) is 6.02. The summed E-state index contributed by atoms with van der Waals surface area (Å²) < 4.78 is 1.88. The maximum atomic E-state index is 6.07. The van der Waals surface area contributed by atoms with Gasteiger partial charge in [-0.1, -0.05) is 31.4 Å². The molecule has 2 N–H and O–H groups in total. The van der Waals surface area contributed by atoms with Crippen LogP contribution in [0.15, 0.2) is 18.2 Å². The van der Waals surface area contributed by atoms with Gasteiger partial charge in [0, 0.05) is 22.8 Å². The number of nitrogens with two attached hydrogens (primary N) is 1. The molecule has 1 aromatic carbocycles. The van der Waals surface area contributed by atoms with E-state index >= 15 is 0 Å². The highest BCUT2D eigenvalue weighted by atomic mass is 35.5. The van der Waals surface area contributed by atoms with Crippen molar-refractivity contribution >= 4 is 17.3 Å². The Hall–Kier alpha value is -1.62. The first-order valence-corrected chi connectivity index (χ1v) is 7.82. The molecule has 1 heterocycles. The number of rotatable bonds is 3. The van der Waals surface area contributed by atoms with Crippen LogP contribution in [-0.4, -0.2) is 20.2 Å². The number of benzene rings is 1. The van der Waals surface area contributed by atoms with Gasteiger partial charge in [0.25, 0.3) is 0 Å². The van der Waals surface area contributed by atoms with E-state index in [2.05, 4.69) is 22.4 Å². The first kappa shape index (κ1) is 14.3. The van der Waals surface area contributed by atoms with Crippen LogP contribution in [0.3, 0.4) is 0 Å². The largest absolute Gasteiger partial charge is 0.399 e. The SMILES string of the molecule is CC1CCC(Cn2nnnc2-c2cc(N)cc(Cl)c2)CC1. The van der Waals surface area contributed by atoms with Crippen molar-refractivity contribution in [2.24, 2.45) is 11.8 Å². The molecular weight excluding hydrogens is 286 g/mol. The lowest BCUT2D eigenvalue weighted by molar-refractivity contribution is 0.257. The number of aromatic nitrogens is 4. The molecule has 1 saturated carbocycles. The molecule has 0 unspecified atom stereocenters. The molecule has 0 amide bonds. The van der Waals surface area contributed by atoms with Gasteiger partial charge in [-0.2, -0.15) is 0 Å². The Labute approximate surface area is 129 Å². The maximum absolute atomic E-state index is 6.07. The molecule has 1 aromatic heterocycles. The van der Waals surface area contributed by atoms with E-state index in [9.17, 15) is 0 Å². The van der Waals surface area contributed by atoms with Gasteiger partial charge in [0.1, 0.15) is 0 Å². The highest BCUT2D eigenvalue weighted by Crippen LogP contribution is 2.30. The van der Waals surface area contributed by atoms with Gasteiger partial charge in [0.2, 0.25) is 0 Å². The molecule has 0 radical (unpaired) electrons.